The predicted octanol–water partition coefficient (Wildman–Crippen LogP) is 0.335. The van der Waals surface area contributed by atoms with Gasteiger partial charge in [-0.2, -0.15) is 0 Å². The second-order valence-electron chi connectivity index (χ2n) is 4.47. The number of carbonyl (C=O) groups is 3. The van der Waals surface area contributed by atoms with E-state index in [4.69, 9.17) is 0 Å². The quantitative estimate of drug-likeness (QED) is 0.490. The predicted molar refractivity (Wildman–Crippen MR) is 51.8 cm³/mol. The standard InChI is InChI=1S/C10H15NO4/c1-10(2)4-7(12)11(8(13)5-10)6-9(14)15-3/h4-6H2,1-3H3. The number of carbonyl (C=O) groups excluding carboxylic acids is 3. The van der Waals surface area contributed by atoms with Crippen LogP contribution in [-0.4, -0.2) is 36.3 Å². The Morgan fingerprint density at radius 2 is 1.80 bits per heavy atom. The van der Waals surface area contributed by atoms with E-state index >= 15 is 0 Å². The number of hydrogen-bond acceptors (Lipinski definition) is 4. The van der Waals surface area contributed by atoms with E-state index in [1.54, 1.807) is 0 Å². The van der Waals surface area contributed by atoms with Gasteiger partial charge < -0.3 is 4.74 Å². The van der Waals surface area contributed by atoms with Gasteiger partial charge in [0.05, 0.1) is 7.11 Å². The monoisotopic (exact) mass is 213 g/mol. The molecule has 1 fully saturated rings. The minimum Gasteiger partial charge on any atom is -0.468 e. The molecule has 0 N–H and O–H groups in total. The fourth-order valence-electron chi connectivity index (χ4n) is 1.58. The topological polar surface area (TPSA) is 63.7 Å². The van der Waals surface area contributed by atoms with Crippen molar-refractivity contribution < 1.29 is 19.1 Å². The summed E-state index contributed by atoms with van der Waals surface area (Å²) in [4.78, 5) is 35.1. The first-order chi connectivity index (χ1) is 6.85. The second kappa shape index (κ2) is 4.00. The summed E-state index contributed by atoms with van der Waals surface area (Å²) in [5.74, 6) is -1.18. The van der Waals surface area contributed by atoms with Crippen LogP contribution in [0.2, 0.25) is 0 Å². The number of hydrogen-bond donors (Lipinski definition) is 0. The van der Waals surface area contributed by atoms with Crippen molar-refractivity contribution in [1.29, 1.82) is 0 Å². The van der Waals surface area contributed by atoms with Gasteiger partial charge in [0.25, 0.3) is 0 Å². The average molecular weight is 213 g/mol. The van der Waals surface area contributed by atoms with Crippen LogP contribution in [0.15, 0.2) is 0 Å². The van der Waals surface area contributed by atoms with Crippen LogP contribution < -0.4 is 0 Å². The van der Waals surface area contributed by atoms with E-state index in [2.05, 4.69) is 4.74 Å². The highest BCUT2D eigenvalue weighted by Gasteiger charge is 2.38. The number of likely N-dealkylation sites (tertiary alicyclic amines) is 1. The van der Waals surface area contributed by atoms with Gasteiger partial charge >= 0.3 is 5.97 Å². The molecule has 0 bridgehead atoms. The molecule has 84 valence electrons. The highest BCUT2D eigenvalue weighted by Crippen LogP contribution is 2.31. The molecule has 0 unspecified atom stereocenters. The number of nitrogens with zero attached hydrogens (tertiary/aromatic N) is 1. The number of rotatable bonds is 2. The van der Waals surface area contributed by atoms with E-state index in [1.165, 1.54) is 7.11 Å². The van der Waals surface area contributed by atoms with Crippen LogP contribution in [0, 0.1) is 5.41 Å². The van der Waals surface area contributed by atoms with Crippen molar-refractivity contribution in [3.8, 4) is 0 Å². The Kier molecular flexibility index (Phi) is 3.12. The summed E-state index contributed by atoms with van der Waals surface area (Å²) >= 11 is 0. The van der Waals surface area contributed by atoms with Gasteiger partial charge in [0.1, 0.15) is 6.54 Å². The Morgan fingerprint density at radius 1 is 1.33 bits per heavy atom. The van der Waals surface area contributed by atoms with E-state index in [1.807, 2.05) is 13.8 Å². The van der Waals surface area contributed by atoms with Crippen molar-refractivity contribution in [2.75, 3.05) is 13.7 Å². The number of amides is 2. The zero-order valence-electron chi connectivity index (χ0n) is 9.20. The summed E-state index contributed by atoms with van der Waals surface area (Å²) in [6.45, 7) is 3.45. The maximum Gasteiger partial charge on any atom is 0.325 e. The third kappa shape index (κ3) is 2.78. The number of esters is 1. The third-order valence-corrected chi connectivity index (χ3v) is 2.38. The van der Waals surface area contributed by atoms with Gasteiger partial charge in [-0.1, -0.05) is 13.8 Å². The maximum atomic E-state index is 11.6. The van der Waals surface area contributed by atoms with Gasteiger partial charge in [-0.3, -0.25) is 19.3 Å². The summed E-state index contributed by atoms with van der Waals surface area (Å²) in [7, 11) is 1.23. The van der Waals surface area contributed by atoms with Gasteiger partial charge in [-0.05, 0) is 5.41 Å². The van der Waals surface area contributed by atoms with Gasteiger partial charge in [-0.15, -0.1) is 0 Å². The summed E-state index contributed by atoms with van der Waals surface area (Å²) in [6, 6.07) is 0. The van der Waals surface area contributed by atoms with Gasteiger partial charge in [0, 0.05) is 12.8 Å². The van der Waals surface area contributed by atoms with Crippen LogP contribution >= 0.6 is 0 Å². The van der Waals surface area contributed by atoms with Crippen molar-refractivity contribution >= 4 is 17.8 Å². The Morgan fingerprint density at radius 3 is 2.20 bits per heavy atom. The lowest BCUT2D eigenvalue weighted by Gasteiger charge is -2.33. The van der Waals surface area contributed by atoms with Crippen molar-refractivity contribution in [1.82, 2.24) is 4.90 Å². The van der Waals surface area contributed by atoms with E-state index in [-0.39, 0.29) is 36.6 Å². The molecule has 0 aliphatic carbocycles. The lowest BCUT2D eigenvalue weighted by Crippen LogP contribution is -2.48. The minimum atomic E-state index is -0.573. The van der Waals surface area contributed by atoms with Crippen LogP contribution in [0.5, 0.6) is 0 Å². The van der Waals surface area contributed by atoms with Crippen LogP contribution in [-0.2, 0) is 19.1 Å². The molecular formula is C10H15NO4. The molecule has 5 heteroatoms. The molecule has 1 aliphatic heterocycles. The van der Waals surface area contributed by atoms with E-state index in [9.17, 15) is 14.4 Å². The SMILES string of the molecule is COC(=O)CN1C(=O)CC(C)(C)CC1=O. The third-order valence-electron chi connectivity index (χ3n) is 2.38. The molecule has 0 radical (unpaired) electrons. The maximum absolute atomic E-state index is 11.6. The van der Waals surface area contributed by atoms with Crippen molar-refractivity contribution in [3.63, 3.8) is 0 Å². The molecule has 0 aromatic heterocycles. The molecular weight excluding hydrogens is 198 g/mol. The highest BCUT2D eigenvalue weighted by atomic mass is 16.5. The van der Waals surface area contributed by atoms with Crippen LogP contribution in [0.3, 0.4) is 0 Å². The zero-order chi connectivity index (χ0) is 11.6. The smallest absolute Gasteiger partial charge is 0.325 e. The van der Waals surface area contributed by atoms with Crippen LogP contribution in [0.4, 0.5) is 0 Å². The Balaban J connectivity index is 2.71. The van der Waals surface area contributed by atoms with Gasteiger partial charge in [0.2, 0.25) is 11.8 Å². The first kappa shape index (κ1) is 11.7. The van der Waals surface area contributed by atoms with Crippen molar-refractivity contribution in [2.24, 2.45) is 5.41 Å². The van der Waals surface area contributed by atoms with E-state index < -0.39 is 5.97 Å². The Hall–Kier alpha value is -1.39. The fraction of sp³-hybridized carbons (Fsp3) is 0.700. The van der Waals surface area contributed by atoms with Gasteiger partial charge in [0.15, 0.2) is 0 Å². The molecule has 0 aromatic carbocycles. The number of piperidine rings is 1. The van der Waals surface area contributed by atoms with E-state index in [0.29, 0.717) is 0 Å². The number of imide groups is 1. The molecule has 1 heterocycles. The zero-order valence-corrected chi connectivity index (χ0v) is 9.20. The largest absolute Gasteiger partial charge is 0.468 e. The van der Waals surface area contributed by atoms with E-state index in [0.717, 1.165) is 4.90 Å². The summed E-state index contributed by atoms with van der Waals surface area (Å²) < 4.78 is 4.42. The normalized spacial score (nSPS) is 20.3. The number of ether oxygens (including phenoxy) is 1. The number of methoxy groups -OCH3 is 1. The molecule has 0 aromatic rings. The Labute approximate surface area is 88.4 Å². The second-order valence-corrected chi connectivity index (χ2v) is 4.47. The molecule has 2 amide bonds. The molecule has 15 heavy (non-hydrogen) atoms. The first-order valence-corrected chi connectivity index (χ1v) is 4.76. The molecule has 0 saturated carbocycles. The molecule has 1 saturated heterocycles. The van der Waals surface area contributed by atoms with Crippen molar-refractivity contribution in [2.45, 2.75) is 26.7 Å². The highest BCUT2D eigenvalue weighted by molar-refractivity contribution is 6.00. The average Bonchev–Trinajstić information content (AvgIpc) is 2.09. The van der Waals surface area contributed by atoms with Gasteiger partial charge in [-0.25, -0.2) is 0 Å². The molecule has 0 spiro atoms. The molecule has 0 atom stereocenters. The van der Waals surface area contributed by atoms with Crippen molar-refractivity contribution in [3.05, 3.63) is 0 Å². The Bertz CT molecular complexity index is 289. The summed E-state index contributed by atoms with van der Waals surface area (Å²) in [5, 5.41) is 0. The summed E-state index contributed by atoms with van der Waals surface area (Å²) in [6.07, 6.45) is 0.575. The fourth-order valence-corrected chi connectivity index (χ4v) is 1.58. The first-order valence-electron chi connectivity index (χ1n) is 4.76. The van der Waals surface area contributed by atoms with Crippen LogP contribution in [0.1, 0.15) is 26.7 Å². The summed E-state index contributed by atoms with van der Waals surface area (Å²) in [5.41, 5.74) is -0.305. The minimum absolute atomic E-state index is 0.274. The molecule has 1 rings (SSSR count). The molecule has 5 nitrogen and oxygen atoms in total. The lowest BCUT2D eigenvalue weighted by molar-refractivity contribution is -0.159. The molecule has 1 aliphatic rings. The van der Waals surface area contributed by atoms with Crippen LogP contribution in [0.25, 0.3) is 0 Å². The lowest BCUT2D eigenvalue weighted by atomic mass is 9.82.